The summed E-state index contributed by atoms with van der Waals surface area (Å²) in [7, 11) is 1.71. The van der Waals surface area contributed by atoms with Crippen LogP contribution in [0.2, 0.25) is 0 Å². The van der Waals surface area contributed by atoms with Gasteiger partial charge in [0.2, 0.25) is 0 Å². The molecule has 0 aliphatic rings. The third kappa shape index (κ3) is 5.87. The molecule has 4 heteroatoms. The number of ether oxygens (including phenoxy) is 3. The van der Waals surface area contributed by atoms with Crippen molar-refractivity contribution in [3.05, 3.63) is 59.7 Å². The highest BCUT2D eigenvalue weighted by atomic mass is 16.5. The molecule has 2 aromatic rings. The van der Waals surface area contributed by atoms with E-state index in [-0.39, 0.29) is 0 Å². The van der Waals surface area contributed by atoms with Gasteiger partial charge in [-0.2, -0.15) is 0 Å². The van der Waals surface area contributed by atoms with Gasteiger partial charge in [0.25, 0.3) is 0 Å². The summed E-state index contributed by atoms with van der Waals surface area (Å²) in [5.74, 6) is 1.56. The summed E-state index contributed by atoms with van der Waals surface area (Å²) < 4.78 is 16.8. The molecule has 2 aromatic carbocycles. The van der Waals surface area contributed by atoms with Crippen molar-refractivity contribution in [2.75, 3.05) is 20.3 Å². The highest BCUT2D eigenvalue weighted by molar-refractivity contribution is 5.43. The molecular formula is C20H27NO3. The van der Waals surface area contributed by atoms with Gasteiger partial charge in [0, 0.05) is 19.7 Å². The lowest BCUT2D eigenvalue weighted by Gasteiger charge is -2.16. The van der Waals surface area contributed by atoms with Gasteiger partial charge in [0.05, 0.1) is 13.2 Å². The van der Waals surface area contributed by atoms with Gasteiger partial charge < -0.3 is 19.5 Å². The highest BCUT2D eigenvalue weighted by Gasteiger charge is 2.08. The molecule has 0 radical (unpaired) electrons. The van der Waals surface area contributed by atoms with Crippen LogP contribution in [0.15, 0.2) is 48.5 Å². The summed E-state index contributed by atoms with van der Waals surface area (Å²) in [4.78, 5) is 0. The zero-order valence-corrected chi connectivity index (χ0v) is 14.7. The quantitative estimate of drug-likeness (QED) is 0.720. The summed E-state index contributed by atoms with van der Waals surface area (Å²) in [5.41, 5.74) is 2.30. The molecule has 0 aliphatic carbocycles. The second-order valence-electron chi connectivity index (χ2n) is 5.73. The van der Waals surface area contributed by atoms with E-state index in [1.54, 1.807) is 7.11 Å². The molecule has 2 rings (SSSR count). The van der Waals surface area contributed by atoms with Crippen molar-refractivity contribution >= 4 is 0 Å². The van der Waals surface area contributed by atoms with E-state index in [0.29, 0.717) is 25.9 Å². The Labute approximate surface area is 144 Å². The Morgan fingerprint density at radius 1 is 0.958 bits per heavy atom. The average Bonchev–Trinajstić information content (AvgIpc) is 2.60. The molecule has 0 aliphatic heterocycles. The summed E-state index contributed by atoms with van der Waals surface area (Å²) in [5, 5.41) is 3.43. The first kappa shape index (κ1) is 18.3. The van der Waals surface area contributed by atoms with Gasteiger partial charge in [-0.25, -0.2) is 0 Å². The zero-order chi connectivity index (χ0) is 17.2. The third-order valence-electron chi connectivity index (χ3n) is 3.62. The Bertz CT molecular complexity index is 601. The van der Waals surface area contributed by atoms with E-state index in [4.69, 9.17) is 14.2 Å². The van der Waals surface area contributed by atoms with Crippen LogP contribution in [0.4, 0.5) is 0 Å². The van der Waals surface area contributed by atoms with E-state index in [1.807, 2.05) is 37.3 Å². The molecule has 24 heavy (non-hydrogen) atoms. The van der Waals surface area contributed by atoms with Crippen LogP contribution in [-0.4, -0.2) is 26.4 Å². The number of methoxy groups -OCH3 is 1. The molecule has 0 saturated carbocycles. The lowest BCUT2D eigenvalue weighted by atomic mass is 10.2. The van der Waals surface area contributed by atoms with Crippen LogP contribution in [0.1, 0.15) is 25.0 Å². The fourth-order valence-electron chi connectivity index (χ4n) is 2.39. The predicted molar refractivity (Wildman–Crippen MR) is 96.6 cm³/mol. The van der Waals surface area contributed by atoms with Crippen LogP contribution in [-0.2, 0) is 17.9 Å². The first-order valence-electron chi connectivity index (χ1n) is 8.37. The fraction of sp³-hybridized carbons (Fsp3) is 0.400. The van der Waals surface area contributed by atoms with Gasteiger partial charge in [-0.1, -0.05) is 36.4 Å². The monoisotopic (exact) mass is 329 g/mol. The summed E-state index contributed by atoms with van der Waals surface area (Å²) in [6, 6.07) is 16.5. The van der Waals surface area contributed by atoms with E-state index in [2.05, 4.69) is 30.4 Å². The molecule has 0 spiro atoms. The SMILES string of the molecule is CCOc1cc(CNC(C)COC)ccc1OCc1ccccc1. The predicted octanol–water partition coefficient (Wildman–Crippen LogP) is 3.79. The van der Waals surface area contributed by atoms with Gasteiger partial charge in [-0.3, -0.25) is 0 Å². The largest absolute Gasteiger partial charge is 0.490 e. The summed E-state index contributed by atoms with van der Waals surface area (Å²) in [6.45, 7) is 6.68. The number of nitrogens with one attached hydrogen (secondary N) is 1. The molecule has 130 valence electrons. The fourth-order valence-corrected chi connectivity index (χ4v) is 2.39. The third-order valence-corrected chi connectivity index (χ3v) is 3.62. The van der Waals surface area contributed by atoms with E-state index in [0.717, 1.165) is 29.2 Å². The Kier molecular flexibility index (Phi) is 7.59. The highest BCUT2D eigenvalue weighted by Crippen LogP contribution is 2.29. The first-order valence-corrected chi connectivity index (χ1v) is 8.37. The minimum atomic E-state index is 0.305. The number of hydrogen-bond acceptors (Lipinski definition) is 4. The van der Waals surface area contributed by atoms with E-state index < -0.39 is 0 Å². The molecular weight excluding hydrogens is 302 g/mol. The molecule has 0 saturated heterocycles. The minimum absolute atomic E-state index is 0.305. The van der Waals surface area contributed by atoms with Crippen LogP contribution < -0.4 is 14.8 Å². The van der Waals surface area contributed by atoms with Gasteiger partial charge in [-0.15, -0.1) is 0 Å². The van der Waals surface area contributed by atoms with Crippen LogP contribution >= 0.6 is 0 Å². The average molecular weight is 329 g/mol. The second kappa shape index (κ2) is 9.96. The second-order valence-corrected chi connectivity index (χ2v) is 5.73. The van der Waals surface area contributed by atoms with E-state index in [1.165, 1.54) is 0 Å². The molecule has 0 heterocycles. The maximum Gasteiger partial charge on any atom is 0.161 e. The number of rotatable bonds is 10. The number of benzene rings is 2. The summed E-state index contributed by atoms with van der Waals surface area (Å²) in [6.07, 6.45) is 0. The molecule has 4 nitrogen and oxygen atoms in total. The van der Waals surface area contributed by atoms with Gasteiger partial charge >= 0.3 is 0 Å². The first-order chi connectivity index (χ1) is 11.7. The standard InChI is InChI=1S/C20H27NO3/c1-4-23-20-12-18(13-21-16(2)14-22-3)10-11-19(20)24-15-17-8-6-5-7-9-17/h5-12,16,21H,4,13-15H2,1-3H3. The van der Waals surface area contributed by atoms with Crippen molar-refractivity contribution in [3.63, 3.8) is 0 Å². The lowest BCUT2D eigenvalue weighted by molar-refractivity contribution is 0.171. The number of hydrogen-bond donors (Lipinski definition) is 1. The Morgan fingerprint density at radius 3 is 2.46 bits per heavy atom. The molecule has 1 unspecified atom stereocenters. The van der Waals surface area contributed by atoms with Crippen LogP contribution in [0.25, 0.3) is 0 Å². The topological polar surface area (TPSA) is 39.7 Å². The molecule has 0 amide bonds. The van der Waals surface area contributed by atoms with E-state index >= 15 is 0 Å². The van der Waals surface area contributed by atoms with Gasteiger partial charge in [-0.05, 0) is 37.1 Å². The molecule has 1 N–H and O–H groups in total. The Morgan fingerprint density at radius 2 is 1.75 bits per heavy atom. The Hall–Kier alpha value is -2.04. The maximum atomic E-state index is 5.93. The van der Waals surface area contributed by atoms with Crippen LogP contribution in [0.3, 0.4) is 0 Å². The lowest BCUT2D eigenvalue weighted by Crippen LogP contribution is -2.29. The van der Waals surface area contributed by atoms with E-state index in [9.17, 15) is 0 Å². The van der Waals surface area contributed by atoms with Gasteiger partial charge in [0.15, 0.2) is 11.5 Å². The molecule has 1 atom stereocenters. The van der Waals surface area contributed by atoms with Crippen molar-refractivity contribution in [1.82, 2.24) is 5.32 Å². The summed E-state index contributed by atoms with van der Waals surface area (Å²) >= 11 is 0. The van der Waals surface area contributed by atoms with Crippen molar-refractivity contribution in [3.8, 4) is 11.5 Å². The normalized spacial score (nSPS) is 12.0. The molecule has 0 aromatic heterocycles. The minimum Gasteiger partial charge on any atom is -0.490 e. The maximum absolute atomic E-state index is 5.93. The Balaban J connectivity index is 2.00. The van der Waals surface area contributed by atoms with Crippen molar-refractivity contribution in [2.24, 2.45) is 0 Å². The van der Waals surface area contributed by atoms with Crippen molar-refractivity contribution < 1.29 is 14.2 Å². The smallest absolute Gasteiger partial charge is 0.161 e. The molecule has 0 fully saturated rings. The zero-order valence-electron chi connectivity index (χ0n) is 14.7. The molecule has 0 bridgehead atoms. The van der Waals surface area contributed by atoms with Crippen molar-refractivity contribution in [2.45, 2.75) is 33.0 Å². The van der Waals surface area contributed by atoms with Crippen LogP contribution in [0, 0.1) is 0 Å². The van der Waals surface area contributed by atoms with Crippen LogP contribution in [0.5, 0.6) is 11.5 Å². The van der Waals surface area contributed by atoms with Gasteiger partial charge in [0.1, 0.15) is 6.61 Å². The van der Waals surface area contributed by atoms with Crippen molar-refractivity contribution in [1.29, 1.82) is 0 Å².